The van der Waals surface area contributed by atoms with Gasteiger partial charge in [0.25, 0.3) is 5.91 Å². The summed E-state index contributed by atoms with van der Waals surface area (Å²) in [4.78, 5) is 14.6. The molecule has 0 aromatic heterocycles. The molecular formula is C20H19N3O. The van der Waals surface area contributed by atoms with Gasteiger partial charge in [-0.2, -0.15) is 10.5 Å². The highest BCUT2D eigenvalue weighted by Crippen LogP contribution is 2.27. The van der Waals surface area contributed by atoms with Gasteiger partial charge in [-0.1, -0.05) is 36.4 Å². The van der Waals surface area contributed by atoms with E-state index in [-0.39, 0.29) is 11.8 Å². The van der Waals surface area contributed by atoms with Crippen LogP contribution < -0.4 is 0 Å². The average molecular weight is 317 g/mol. The molecule has 1 amide bonds. The van der Waals surface area contributed by atoms with Gasteiger partial charge in [0, 0.05) is 24.2 Å². The normalized spacial score (nSPS) is 11.2. The number of nitriles is 2. The first-order valence-corrected chi connectivity index (χ1v) is 7.89. The number of hydrogen-bond acceptors (Lipinski definition) is 3. The Bertz CT molecular complexity index is 814. The molecule has 4 heteroatoms. The van der Waals surface area contributed by atoms with Crippen molar-refractivity contribution in [1.82, 2.24) is 4.90 Å². The predicted octanol–water partition coefficient (Wildman–Crippen LogP) is 3.85. The molecule has 0 fully saturated rings. The van der Waals surface area contributed by atoms with E-state index in [0.717, 1.165) is 11.1 Å². The zero-order valence-electron chi connectivity index (χ0n) is 13.9. The molecule has 2 aromatic carbocycles. The van der Waals surface area contributed by atoms with Gasteiger partial charge in [0.1, 0.15) is 0 Å². The maximum Gasteiger partial charge on any atom is 0.254 e. The molecule has 0 N–H and O–H groups in total. The third kappa shape index (κ3) is 3.62. The molecule has 120 valence electrons. The van der Waals surface area contributed by atoms with Crippen LogP contribution in [0.25, 0.3) is 11.1 Å². The molecule has 2 rings (SSSR count). The molecule has 24 heavy (non-hydrogen) atoms. The molecule has 0 unspecified atom stereocenters. The van der Waals surface area contributed by atoms with Crippen molar-refractivity contribution in [3.05, 3.63) is 59.7 Å². The van der Waals surface area contributed by atoms with Crippen LogP contribution in [0.5, 0.6) is 0 Å². The summed E-state index contributed by atoms with van der Waals surface area (Å²) in [5.74, 6) is -0.351. The quantitative estimate of drug-likeness (QED) is 0.841. The van der Waals surface area contributed by atoms with Gasteiger partial charge in [0.15, 0.2) is 0 Å². The standard InChI is InChI=1S/C20H19N3O/c1-3-23(14-15(2)12-21)20(24)19-11-7-6-10-18(19)17-9-5-4-8-16(17)13-22/h4-11,15H,3,14H2,1-2H3/t15-/m0/s1. The van der Waals surface area contributed by atoms with Gasteiger partial charge < -0.3 is 4.90 Å². The first kappa shape index (κ1) is 17.2. The number of rotatable bonds is 5. The maximum atomic E-state index is 13.0. The fraction of sp³-hybridized carbons (Fsp3) is 0.250. The number of hydrogen-bond donors (Lipinski definition) is 0. The molecule has 0 heterocycles. The lowest BCUT2D eigenvalue weighted by molar-refractivity contribution is 0.0753. The Balaban J connectivity index is 2.47. The Hall–Kier alpha value is -3.11. The summed E-state index contributed by atoms with van der Waals surface area (Å²) < 4.78 is 0. The molecule has 0 saturated carbocycles. The fourth-order valence-electron chi connectivity index (χ4n) is 2.62. The fourth-order valence-corrected chi connectivity index (χ4v) is 2.62. The highest BCUT2D eigenvalue weighted by Gasteiger charge is 2.20. The van der Waals surface area contributed by atoms with Crippen LogP contribution in [-0.4, -0.2) is 23.9 Å². The van der Waals surface area contributed by atoms with E-state index in [0.29, 0.717) is 24.2 Å². The lowest BCUT2D eigenvalue weighted by Gasteiger charge is -2.23. The molecule has 0 saturated heterocycles. The molecule has 0 radical (unpaired) electrons. The van der Waals surface area contributed by atoms with Crippen molar-refractivity contribution in [1.29, 1.82) is 10.5 Å². The lowest BCUT2D eigenvalue weighted by Crippen LogP contribution is -2.34. The first-order valence-electron chi connectivity index (χ1n) is 7.89. The minimum Gasteiger partial charge on any atom is -0.338 e. The van der Waals surface area contributed by atoms with E-state index < -0.39 is 0 Å². The van der Waals surface area contributed by atoms with Crippen molar-refractivity contribution in [2.75, 3.05) is 13.1 Å². The summed E-state index contributed by atoms with van der Waals surface area (Å²) in [6, 6.07) is 18.9. The number of carbonyl (C=O) groups is 1. The highest BCUT2D eigenvalue weighted by molar-refractivity contribution is 6.01. The second-order valence-corrected chi connectivity index (χ2v) is 5.58. The molecule has 0 aliphatic rings. The van der Waals surface area contributed by atoms with Gasteiger partial charge >= 0.3 is 0 Å². The third-order valence-corrected chi connectivity index (χ3v) is 3.88. The van der Waals surface area contributed by atoms with Gasteiger partial charge in [-0.25, -0.2) is 0 Å². The number of carbonyl (C=O) groups excluding carboxylic acids is 1. The second-order valence-electron chi connectivity index (χ2n) is 5.58. The Morgan fingerprint density at radius 1 is 1.08 bits per heavy atom. The van der Waals surface area contributed by atoms with Crippen molar-refractivity contribution in [2.24, 2.45) is 5.92 Å². The minimum atomic E-state index is -0.229. The largest absolute Gasteiger partial charge is 0.338 e. The van der Waals surface area contributed by atoms with Crippen LogP contribution in [-0.2, 0) is 0 Å². The number of amides is 1. The summed E-state index contributed by atoms with van der Waals surface area (Å²) in [5, 5.41) is 18.3. The van der Waals surface area contributed by atoms with Crippen LogP contribution in [0.15, 0.2) is 48.5 Å². The van der Waals surface area contributed by atoms with E-state index in [4.69, 9.17) is 5.26 Å². The van der Waals surface area contributed by atoms with Gasteiger partial charge in [-0.3, -0.25) is 4.79 Å². The predicted molar refractivity (Wildman–Crippen MR) is 92.9 cm³/mol. The van der Waals surface area contributed by atoms with Gasteiger partial charge in [-0.05, 0) is 31.5 Å². The van der Waals surface area contributed by atoms with Gasteiger partial charge in [0.05, 0.1) is 23.6 Å². The zero-order valence-corrected chi connectivity index (χ0v) is 13.9. The van der Waals surface area contributed by atoms with Crippen LogP contribution in [0.3, 0.4) is 0 Å². The Morgan fingerprint density at radius 2 is 1.71 bits per heavy atom. The molecule has 0 aliphatic heterocycles. The first-order chi connectivity index (χ1) is 11.6. The molecule has 2 aromatic rings. The summed E-state index contributed by atoms with van der Waals surface area (Å²) in [5.41, 5.74) is 2.56. The van der Waals surface area contributed by atoms with Crippen molar-refractivity contribution in [3.63, 3.8) is 0 Å². The van der Waals surface area contributed by atoms with E-state index in [1.54, 1.807) is 30.0 Å². The van der Waals surface area contributed by atoms with E-state index in [2.05, 4.69) is 12.1 Å². The van der Waals surface area contributed by atoms with Crippen molar-refractivity contribution in [3.8, 4) is 23.3 Å². The summed E-state index contributed by atoms with van der Waals surface area (Å²) >= 11 is 0. The van der Waals surface area contributed by atoms with E-state index in [9.17, 15) is 10.1 Å². The van der Waals surface area contributed by atoms with Crippen molar-refractivity contribution in [2.45, 2.75) is 13.8 Å². The van der Waals surface area contributed by atoms with Crippen LogP contribution in [0.2, 0.25) is 0 Å². The Morgan fingerprint density at radius 3 is 2.33 bits per heavy atom. The van der Waals surface area contributed by atoms with Crippen LogP contribution >= 0.6 is 0 Å². The molecule has 0 spiro atoms. The Labute approximate surface area is 142 Å². The molecule has 0 bridgehead atoms. The number of nitrogens with zero attached hydrogens (tertiary/aromatic N) is 3. The summed E-state index contributed by atoms with van der Waals surface area (Å²) in [6.07, 6.45) is 0. The lowest BCUT2D eigenvalue weighted by atomic mass is 9.95. The molecular weight excluding hydrogens is 298 g/mol. The summed E-state index contributed by atoms with van der Waals surface area (Å²) in [7, 11) is 0. The van der Waals surface area contributed by atoms with Crippen LogP contribution in [0.1, 0.15) is 29.8 Å². The van der Waals surface area contributed by atoms with Crippen molar-refractivity contribution >= 4 is 5.91 Å². The minimum absolute atomic E-state index is 0.122. The van der Waals surface area contributed by atoms with Crippen molar-refractivity contribution < 1.29 is 4.79 Å². The summed E-state index contributed by atoms with van der Waals surface area (Å²) in [6.45, 7) is 4.61. The highest BCUT2D eigenvalue weighted by atomic mass is 16.2. The molecule has 0 aliphatic carbocycles. The van der Waals surface area contributed by atoms with Crippen LogP contribution in [0, 0.1) is 28.6 Å². The molecule has 1 atom stereocenters. The second kappa shape index (κ2) is 7.94. The number of benzene rings is 2. The van der Waals surface area contributed by atoms with Gasteiger partial charge in [-0.15, -0.1) is 0 Å². The maximum absolute atomic E-state index is 13.0. The Kier molecular flexibility index (Phi) is 5.71. The van der Waals surface area contributed by atoms with E-state index >= 15 is 0 Å². The molecule has 4 nitrogen and oxygen atoms in total. The third-order valence-electron chi connectivity index (χ3n) is 3.88. The van der Waals surface area contributed by atoms with Crippen LogP contribution in [0.4, 0.5) is 0 Å². The van der Waals surface area contributed by atoms with E-state index in [1.165, 1.54) is 0 Å². The smallest absolute Gasteiger partial charge is 0.254 e. The zero-order chi connectivity index (χ0) is 17.5. The van der Waals surface area contributed by atoms with Gasteiger partial charge in [0.2, 0.25) is 0 Å². The average Bonchev–Trinajstić information content (AvgIpc) is 2.65. The topological polar surface area (TPSA) is 67.9 Å². The monoisotopic (exact) mass is 317 g/mol. The SMILES string of the molecule is CCN(C[C@@H](C)C#N)C(=O)c1ccccc1-c1ccccc1C#N. The van der Waals surface area contributed by atoms with E-state index in [1.807, 2.05) is 37.3 Å².